The van der Waals surface area contributed by atoms with Gasteiger partial charge >= 0.3 is 5.97 Å². The molecule has 0 aliphatic heterocycles. The van der Waals surface area contributed by atoms with Crippen molar-refractivity contribution in [2.75, 3.05) is 20.8 Å². The van der Waals surface area contributed by atoms with Crippen molar-refractivity contribution in [3.63, 3.8) is 0 Å². The molecule has 0 saturated carbocycles. The Labute approximate surface area is 173 Å². The molecule has 0 fully saturated rings. The molecule has 150 valence electrons. The maximum Gasteiger partial charge on any atom is 0.310 e. The fourth-order valence-electron chi connectivity index (χ4n) is 2.58. The number of hydrogen-bond acceptors (Lipinski definition) is 5. The summed E-state index contributed by atoms with van der Waals surface area (Å²) in [5.41, 5.74) is 1.20. The first kappa shape index (κ1) is 21.9. The van der Waals surface area contributed by atoms with Crippen LogP contribution >= 0.6 is 23.2 Å². The molecule has 28 heavy (non-hydrogen) atoms. The molecule has 0 saturated heterocycles. The Balaban J connectivity index is 1.92. The molecular formula is C20H21Cl2NO5. The van der Waals surface area contributed by atoms with E-state index in [4.69, 9.17) is 37.4 Å². The van der Waals surface area contributed by atoms with Crippen molar-refractivity contribution in [3.8, 4) is 11.5 Å². The van der Waals surface area contributed by atoms with E-state index < -0.39 is 18.5 Å². The van der Waals surface area contributed by atoms with Crippen LogP contribution in [0.25, 0.3) is 0 Å². The van der Waals surface area contributed by atoms with Crippen LogP contribution in [-0.2, 0) is 20.7 Å². The van der Waals surface area contributed by atoms with E-state index in [1.54, 1.807) is 57.5 Å². The van der Waals surface area contributed by atoms with Crippen molar-refractivity contribution in [2.45, 2.75) is 19.4 Å². The van der Waals surface area contributed by atoms with Gasteiger partial charge in [-0.3, -0.25) is 9.59 Å². The minimum absolute atomic E-state index is 0.120. The average Bonchev–Trinajstić information content (AvgIpc) is 2.68. The number of rotatable bonds is 8. The number of carbonyl (C=O) groups is 2. The fraction of sp³-hybridized carbons (Fsp3) is 0.300. The number of carbonyl (C=O) groups excluding carboxylic acids is 2. The zero-order valence-corrected chi connectivity index (χ0v) is 17.3. The van der Waals surface area contributed by atoms with Gasteiger partial charge in [0.05, 0.1) is 26.7 Å². The molecule has 0 spiro atoms. The van der Waals surface area contributed by atoms with Crippen LogP contribution in [0.4, 0.5) is 0 Å². The van der Waals surface area contributed by atoms with Crippen LogP contribution in [0.2, 0.25) is 10.0 Å². The van der Waals surface area contributed by atoms with E-state index in [2.05, 4.69) is 5.32 Å². The molecule has 2 aromatic carbocycles. The number of nitrogens with one attached hydrogen (secondary N) is 1. The molecule has 0 aliphatic carbocycles. The number of benzene rings is 2. The summed E-state index contributed by atoms with van der Waals surface area (Å²) in [6.07, 6.45) is -0.120. The third-order valence-electron chi connectivity index (χ3n) is 4.03. The van der Waals surface area contributed by atoms with Crippen molar-refractivity contribution in [1.29, 1.82) is 0 Å². The summed E-state index contributed by atoms with van der Waals surface area (Å²) in [6.45, 7) is 1.37. The Morgan fingerprint density at radius 2 is 1.75 bits per heavy atom. The first-order chi connectivity index (χ1) is 13.3. The fourth-order valence-corrected chi connectivity index (χ4v) is 3.11. The van der Waals surface area contributed by atoms with Gasteiger partial charge in [0.2, 0.25) is 0 Å². The van der Waals surface area contributed by atoms with Crippen molar-refractivity contribution in [2.24, 2.45) is 0 Å². The highest BCUT2D eigenvalue weighted by Crippen LogP contribution is 2.29. The summed E-state index contributed by atoms with van der Waals surface area (Å²) in [5.74, 6) is 0.201. The van der Waals surface area contributed by atoms with Gasteiger partial charge in [-0.05, 0) is 37.3 Å². The number of ether oxygens (including phenoxy) is 3. The van der Waals surface area contributed by atoms with Gasteiger partial charge in [0.25, 0.3) is 5.91 Å². The number of esters is 1. The van der Waals surface area contributed by atoms with Crippen molar-refractivity contribution >= 4 is 35.1 Å². The average molecular weight is 426 g/mol. The second-order valence-electron chi connectivity index (χ2n) is 5.93. The zero-order valence-electron chi connectivity index (χ0n) is 15.8. The Kier molecular flexibility index (Phi) is 7.96. The lowest BCUT2D eigenvalue weighted by Crippen LogP contribution is -2.31. The second kappa shape index (κ2) is 10.2. The largest absolute Gasteiger partial charge is 0.497 e. The number of methoxy groups -OCH3 is 2. The Morgan fingerprint density at radius 3 is 2.36 bits per heavy atom. The van der Waals surface area contributed by atoms with Crippen LogP contribution in [0.15, 0.2) is 36.4 Å². The lowest BCUT2D eigenvalue weighted by atomic mass is 10.1. The molecule has 0 heterocycles. The molecule has 0 bridgehead atoms. The quantitative estimate of drug-likeness (QED) is 0.647. The third-order valence-corrected chi connectivity index (χ3v) is 4.74. The van der Waals surface area contributed by atoms with Gasteiger partial charge < -0.3 is 19.5 Å². The molecule has 8 heteroatoms. The van der Waals surface area contributed by atoms with Crippen LogP contribution in [0, 0.1) is 0 Å². The summed E-state index contributed by atoms with van der Waals surface area (Å²) in [7, 11) is 3.10. The molecule has 1 amide bonds. The van der Waals surface area contributed by atoms with Gasteiger partial charge in [-0.2, -0.15) is 0 Å². The molecule has 2 aromatic rings. The Bertz CT molecular complexity index is 836. The first-order valence-electron chi connectivity index (χ1n) is 8.45. The predicted molar refractivity (Wildman–Crippen MR) is 107 cm³/mol. The van der Waals surface area contributed by atoms with E-state index in [0.29, 0.717) is 27.1 Å². The highest BCUT2D eigenvalue weighted by molar-refractivity contribution is 6.36. The van der Waals surface area contributed by atoms with E-state index in [-0.39, 0.29) is 12.5 Å². The predicted octanol–water partition coefficient (Wildman–Crippen LogP) is 3.97. The lowest BCUT2D eigenvalue weighted by molar-refractivity contribution is -0.148. The van der Waals surface area contributed by atoms with E-state index in [9.17, 15) is 9.59 Å². The van der Waals surface area contributed by atoms with E-state index in [0.717, 1.165) is 5.56 Å². The molecule has 0 aromatic heterocycles. The molecule has 0 radical (unpaired) electrons. The van der Waals surface area contributed by atoms with Crippen molar-refractivity contribution < 1.29 is 23.8 Å². The highest BCUT2D eigenvalue weighted by atomic mass is 35.5. The topological polar surface area (TPSA) is 73.9 Å². The van der Waals surface area contributed by atoms with Crippen molar-refractivity contribution in [3.05, 3.63) is 57.6 Å². The number of halogens is 2. The molecule has 2 rings (SSSR count). The summed E-state index contributed by atoms with van der Waals surface area (Å²) >= 11 is 12.1. The van der Waals surface area contributed by atoms with Gasteiger partial charge in [-0.25, -0.2) is 0 Å². The van der Waals surface area contributed by atoms with Crippen LogP contribution in [0.3, 0.4) is 0 Å². The van der Waals surface area contributed by atoms with E-state index in [1.807, 2.05) is 0 Å². The normalized spacial score (nSPS) is 11.5. The van der Waals surface area contributed by atoms with E-state index in [1.165, 1.54) is 0 Å². The summed E-state index contributed by atoms with van der Waals surface area (Å²) in [6, 6.07) is 9.85. The minimum atomic E-state index is -0.600. The molecule has 0 aliphatic rings. The van der Waals surface area contributed by atoms with Gasteiger partial charge in [-0.1, -0.05) is 29.3 Å². The molecule has 6 nitrogen and oxygen atoms in total. The van der Waals surface area contributed by atoms with Gasteiger partial charge in [0, 0.05) is 21.2 Å². The maximum atomic E-state index is 12.2. The molecule has 1 atom stereocenters. The standard InChI is InChI=1S/C20H21Cl2NO5/c1-12(14-9-13(26-2)7-8-18(14)27-3)23-19(24)11-28-20(25)10-15-16(21)5-4-6-17(15)22/h4-9,12H,10-11H2,1-3H3,(H,23,24). The number of hydrogen-bond donors (Lipinski definition) is 1. The maximum absolute atomic E-state index is 12.2. The summed E-state index contributed by atoms with van der Waals surface area (Å²) in [4.78, 5) is 24.2. The van der Waals surface area contributed by atoms with Gasteiger partial charge in [0.15, 0.2) is 6.61 Å². The smallest absolute Gasteiger partial charge is 0.310 e. The summed E-state index contributed by atoms with van der Waals surface area (Å²) < 4.78 is 15.6. The zero-order chi connectivity index (χ0) is 20.7. The SMILES string of the molecule is COc1ccc(OC)c(C(C)NC(=O)COC(=O)Cc2c(Cl)cccc2Cl)c1. The first-order valence-corrected chi connectivity index (χ1v) is 9.21. The minimum Gasteiger partial charge on any atom is -0.497 e. The second-order valence-corrected chi connectivity index (χ2v) is 6.75. The van der Waals surface area contributed by atoms with Crippen LogP contribution in [-0.4, -0.2) is 32.7 Å². The van der Waals surface area contributed by atoms with Gasteiger partial charge in [0.1, 0.15) is 11.5 Å². The molecular weight excluding hydrogens is 405 g/mol. The third kappa shape index (κ3) is 5.78. The Hall–Kier alpha value is -2.44. The highest BCUT2D eigenvalue weighted by Gasteiger charge is 2.17. The number of amides is 1. The van der Waals surface area contributed by atoms with Gasteiger partial charge in [-0.15, -0.1) is 0 Å². The van der Waals surface area contributed by atoms with Crippen LogP contribution in [0.1, 0.15) is 24.1 Å². The van der Waals surface area contributed by atoms with Crippen LogP contribution in [0.5, 0.6) is 11.5 Å². The summed E-state index contributed by atoms with van der Waals surface area (Å²) in [5, 5.41) is 3.50. The monoisotopic (exact) mass is 425 g/mol. The van der Waals surface area contributed by atoms with Crippen LogP contribution < -0.4 is 14.8 Å². The van der Waals surface area contributed by atoms with Crippen molar-refractivity contribution in [1.82, 2.24) is 5.32 Å². The lowest BCUT2D eigenvalue weighted by Gasteiger charge is -2.18. The Morgan fingerprint density at radius 1 is 1.07 bits per heavy atom. The van der Waals surface area contributed by atoms with E-state index >= 15 is 0 Å². The molecule has 1 unspecified atom stereocenters. The molecule has 1 N–H and O–H groups in total.